The van der Waals surface area contributed by atoms with Crippen LogP contribution in [0.1, 0.15) is 12.8 Å². The molecule has 0 aromatic rings. The van der Waals surface area contributed by atoms with E-state index in [-0.39, 0.29) is 12.3 Å². The summed E-state index contributed by atoms with van der Waals surface area (Å²) in [4.78, 5) is 4.72. The molecular weight excluding hydrogens is 227 g/mol. The number of oxime groups is 2. The summed E-state index contributed by atoms with van der Waals surface area (Å²) >= 11 is 10.5. The molecule has 0 heterocycles. The minimum Gasteiger partial charge on any atom is -0.408 e. The molecule has 0 atom stereocenters. The third kappa shape index (κ3) is 7.64. The van der Waals surface area contributed by atoms with Gasteiger partial charge in [-0.15, -0.1) is 0 Å². The molecule has 0 saturated carbocycles. The van der Waals surface area contributed by atoms with Crippen LogP contribution in [-0.4, -0.2) is 17.3 Å². The fraction of sp³-hybridized carbons (Fsp3) is 0.250. The molecular formula is C8H10Cl2N2O2. The van der Waals surface area contributed by atoms with E-state index in [4.69, 9.17) is 33.2 Å². The van der Waals surface area contributed by atoms with E-state index in [1.165, 1.54) is 17.3 Å². The molecule has 1 N–H and O–H groups in total. The molecule has 14 heavy (non-hydrogen) atoms. The van der Waals surface area contributed by atoms with Gasteiger partial charge < -0.3 is 10.0 Å². The highest BCUT2D eigenvalue weighted by Crippen LogP contribution is 1.94. The third-order valence-electron chi connectivity index (χ3n) is 1.06. The van der Waals surface area contributed by atoms with Gasteiger partial charge in [0.2, 0.25) is 0 Å². The maximum absolute atomic E-state index is 8.43. The summed E-state index contributed by atoms with van der Waals surface area (Å²) in [6.07, 6.45) is 5.55. The Morgan fingerprint density at radius 1 is 1.29 bits per heavy atom. The lowest BCUT2D eigenvalue weighted by atomic mass is 10.4. The highest BCUT2D eigenvalue weighted by atomic mass is 35.5. The van der Waals surface area contributed by atoms with Crippen molar-refractivity contribution in [3.8, 4) is 0 Å². The zero-order chi connectivity index (χ0) is 10.6. The van der Waals surface area contributed by atoms with Crippen molar-refractivity contribution < 1.29 is 10.0 Å². The van der Waals surface area contributed by atoms with Crippen LogP contribution in [0.25, 0.3) is 0 Å². The summed E-state index contributed by atoms with van der Waals surface area (Å²) < 4.78 is 0. The third-order valence-corrected chi connectivity index (χ3v) is 1.41. The van der Waals surface area contributed by atoms with Gasteiger partial charge in [-0.1, -0.05) is 45.7 Å². The number of nitrogens with zero attached hydrogens (tertiary/aromatic N) is 2. The number of rotatable bonds is 5. The van der Waals surface area contributed by atoms with E-state index in [2.05, 4.69) is 10.3 Å². The summed E-state index contributed by atoms with van der Waals surface area (Å²) in [5.74, 6) is 0.0630. The quantitative estimate of drug-likeness (QED) is 0.345. The Bertz CT molecular complexity index is 250. The maximum atomic E-state index is 8.43. The summed E-state index contributed by atoms with van der Waals surface area (Å²) in [5, 5.41) is 14.8. The molecule has 0 radical (unpaired) electrons. The van der Waals surface area contributed by atoms with E-state index < -0.39 is 0 Å². The second-order valence-corrected chi connectivity index (χ2v) is 2.54. The predicted molar refractivity (Wildman–Crippen MR) is 58.0 cm³/mol. The van der Waals surface area contributed by atoms with Crippen LogP contribution in [0.5, 0.6) is 0 Å². The first-order chi connectivity index (χ1) is 6.85. The van der Waals surface area contributed by atoms with Crippen molar-refractivity contribution in [2.75, 3.05) is 0 Å². The van der Waals surface area contributed by atoms with Gasteiger partial charge >= 0.3 is 0 Å². The van der Waals surface area contributed by atoms with Crippen molar-refractivity contribution >= 4 is 35.3 Å². The lowest BCUT2D eigenvalue weighted by Crippen LogP contribution is -1.98. The highest BCUT2D eigenvalue weighted by molar-refractivity contribution is 6.25. The molecule has 0 fully saturated rings. The Hall–Kier alpha value is -1.000. The number of allylic oxidation sites excluding steroid dienone is 1. The second-order valence-electron chi connectivity index (χ2n) is 2.04. The van der Waals surface area contributed by atoms with Crippen LogP contribution in [0, 0.1) is 0 Å². The van der Waals surface area contributed by atoms with Gasteiger partial charge in [-0.3, -0.25) is 0 Å². The molecule has 0 aromatic heterocycles. The number of hydrogen-bond donors (Lipinski definition) is 1. The molecule has 0 aliphatic heterocycles. The topological polar surface area (TPSA) is 54.2 Å². The van der Waals surface area contributed by atoms with Gasteiger partial charge in [0.05, 0.1) is 0 Å². The summed E-state index contributed by atoms with van der Waals surface area (Å²) in [6.45, 7) is 0. The fourth-order valence-electron chi connectivity index (χ4n) is 0.495. The first-order valence-corrected chi connectivity index (χ1v) is 4.62. The van der Waals surface area contributed by atoms with Crippen molar-refractivity contribution in [3.63, 3.8) is 0 Å². The monoisotopic (exact) mass is 236 g/mol. The Balaban J connectivity index is 3.78. The van der Waals surface area contributed by atoms with Gasteiger partial charge in [-0.05, 0) is 0 Å². The molecule has 4 nitrogen and oxygen atoms in total. The molecule has 78 valence electrons. The van der Waals surface area contributed by atoms with Gasteiger partial charge in [0.1, 0.15) is 0 Å². The molecule has 0 aromatic carbocycles. The second kappa shape index (κ2) is 10.1. The van der Waals surface area contributed by atoms with Crippen molar-refractivity contribution in [2.45, 2.75) is 12.8 Å². The molecule has 0 unspecified atom stereocenters. The molecule has 0 aliphatic rings. The van der Waals surface area contributed by atoms with Crippen molar-refractivity contribution in [1.82, 2.24) is 0 Å². The Morgan fingerprint density at radius 3 is 2.57 bits per heavy atom. The van der Waals surface area contributed by atoms with Crippen LogP contribution < -0.4 is 0 Å². The van der Waals surface area contributed by atoms with Crippen molar-refractivity contribution in [2.24, 2.45) is 10.3 Å². The van der Waals surface area contributed by atoms with Crippen LogP contribution in [0.15, 0.2) is 33.5 Å². The van der Waals surface area contributed by atoms with Gasteiger partial charge in [-0.25, -0.2) is 0 Å². The Kier molecular flexibility index (Phi) is 9.36. The maximum Gasteiger partial charge on any atom is 0.264 e. The number of hydrogen-bond acceptors (Lipinski definition) is 4. The smallest absolute Gasteiger partial charge is 0.264 e. The summed E-state index contributed by atoms with van der Waals surface area (Å²) in [5.41, 5.74) is 2.68. The highest BCUT2D eigenvalue weighted by Gasteiger charge is 1.95. The zero-order valence-electron chi connectivity index (χ0n) is 7.31. The SMILES string of the molecule is ON=C(CC=CCl)ON=CCC=CCl. The van der Waals surface area contributed by atoms with E-state index >= 15 is 0 Å². The first kappa shape index (κ1) is 13.0. The predicted octanol–water partition coefficient (Wildman–Crippen LogP) is 3.06. The van der Waals surface area contributed by atoms with Crippen molar-refractivity contribution in [1.29, 1.82) is 0 Å². The van der Waals surface area contributed by atoms with Gasteiger partial charge in [-0.2, -0.15) is 0 Å². The van der Waals surface area contributed by atoms with Crippen LogP contribution in [0.3, 0.4) is 0 Å². The van der Waals surface area contributed by atoms with E-state index in [0.717, 1.165) is 0 Å². The molecule has 6 heteroatoms. The Labute approximate surface area is 92.1 Å². The molecule has 0 saturated heterocycles. The number of halogens is 2. The molecule has 0 bridgehead atoms. The van der Waals surface area contributed by atoms with Gasteiger partial charge in [0.25, 0.3) is 5.90 Å². The van der Waals surface area contributed by atoms with E-state index in [9.17, 15) is 0 Å². The standard InChI is InChI=1S/C8H10Cl2N2O2/c9-5-1-2-7-11-14-8(12-13)4-3-6-10/h1,3,5-7,13H,2,4H2. The van der Waals surface area contributed by atoms with E-state index in [1.54, 1.807) is 12.2 Å². The average Bonchev–Trinajstić information content (AvgIpc) is 2.22. The van der Waals surface area contributed by atoms with E-state index in [1.807, 2.05) is 0 Å². The summed E-state index contributed by atoms with van der Waals surface area (Å²) in [6, 6.07) is 0. The average molecular weight is 237 g/mol. The minimum atomic E-state index is 0.0630. The largest absolute Gasteiger partial charge is 0.408 e. The molecule has 0 amide bonds. The lowest BCUT2D eigenvalue weighted by Gasteiger charge is -1.95. The van der Waals surface area contributed by atoms with Crippen LogP contribution in [-0.2, 0) is 4.84 Å². The zero-order valence-corrected chi connectivity index (χ0v) is 8.82. The van der Waals surface area contributed by atoms with Crippen molar-refractivity contribution in [3.05, 3.63) is 23.2 Å². The lowest BCUT2D eigenvalue weighted by molar-refractivity contribution is 0.260. The normalized spacial score (nSPS) is 13.4. The fourth-order valence-corrected chi connectivity index (χ4v) is 0.687. The van der Waals surface area contributed by atoms with Crippen LogP contribution in [0.4, 0.5) is 0 Å². The first-order valence-electron chi connectivity index (χ1n) is 3.75. The molecule has 0 rings (SSSR count). The van der Waals surface area contributed by atoms with Crippen LogP contribution in [0.2, 0.25) is 0 Å². The minimum absolute atomic E-state index is 0.0630. The van der Waals surface area contributed by atoms with Gasteiger partial charge in [0.15, 0.2) is 0 Å². The molecule has 0 spiro atoms. The van der Waals surface area contributed by atoms with E-state index in [0.29, 0.717) is 6.42 Å². The van der Waals surface area contributed by atoms with Gasteiger partial charge in [0, 0.05) is 30.1 Å². The Morgan fingerprint density at radius 2 is 2.00 bits per heavy atom. The summed E-state index contributed by atoms with van der Waals surface area (Å²) in [7, 11) is 0. The molecule has 0 aliphatic carbocycles. The van der Waals surface area contributed by atoms with Crippen LogP contribution >= 0.6 is 23.2 Å².